The van der Waals surface area contributed by atoms with Crippen molar-refractivity contribution < 1.29 is 9.21 Å². The molecule has 0 aliphatic rings. The molecule has 0 radical (unpaired) electrons. The molecule has 0 bridgehead atoms. The molecule has 1 amide bonds. The van der Waals surface area contributed by atoms with Crippen LogP contribution in [0, 0.1) is 6.92 Å². The van der Waals surface area contributed by atoms with Crippen LogP contribution >= 0.6 is 22.7 Å². The Kier molecular flexibility index (Phi) is 5.71. The van der Waals surface area contributed by atoms with Gasteiger partial charge in [-0.15, -0.1) is 22.7 Å². The molecule has 3 aromatic rings. The number of rotatable bonds is 7. The maximum atomic E-state index is 12.9. The van der Waals surface area contributed by atoms with E-state index in [9.17, 15) is 4.79 Å². The number of furan rings is 1. The van der Waals surface area contributed by atoms with Gasteiger partial charge in [0.1, 0.15) is 5.76 Å². The number of thiazole rings is 1. The average molecular weight is 375 g/mol. The first-order valence-electron chi connectivity index (χ1n) is 8.31. The average Bonchev–Trinajstić information content (AvgIpc) is 3.29. The van der Waals surface area contributed by atoms with E-state index in [0.717, 1.165) is 16.5 Å². The summed E-state index contributed by atoms with van der Waals surface area (Å²) < 4.78 is 5.44. The van der Waals surface area contributed by atoms with Crippen molar-refractivity contribution in [2.45, 2.75) is 46.2 Å². The van der Waals surface area contributed by atoms with E-state index in [0.29, 0.717) is 25.4 Å². The molecule has 0 aromatic carbocycles. The molecular formula is C19H22N2O2S2. The Hall–Kier alpha value is -1.92. The molecule has 0 spiro atoms. The predicted octanol–water partition coefficient (Wildman–Crippen LogP) is 5.00. The molecule has 0 saturated heterocycles. The summed E-state index contributed by atoms with van der Waals surface area (Å²) in [5.74, 6) is 1.26. The lowest BCUT2D eigenvalue weighted by molar-refractivity contribution is -0.132. The van der Waals surface area contributed by atoms with E-state index in [1.165, 1.54) is 9.75 Å². The molecule has 25 heavy (non-hydrogen) atoms. The molecule has 0 aliphatic heterocycles. The van der Waals surface area contributed by atoms with Gasteiger partial charge in [-0.3, -0.25) is 4.79 Å². The van der Waals surface area contributed by atoms with Gasteiger partial charge >= 0.3 is 0 Å². The first kappa shape index (κ1) is 17.9. The Morgan fingerprint density at radius 1 is 1.28 bits per heavy atom. The quantitative estimate of drug-likeness (QED) is 0.584. The Bertz CT molecular complexity index is 818. The zero-order valence-electron chi connectivity index (χ0n) is 14.7. The first-order valence-corrected chi connectivity index (χ1v) is 10.0. The summed E-state index contributed by atoms with van der Waals surface area (Å²) in [4.78, 5) is 21.7. The minimum Gasteiger partial charge on any atom is -0.467 e. The second-order valence-electron chi connectivity index (χ2n) is 6.35. The number of amides is 1. The van der Waals surface area contributed by atoms with Gasteiger partial charge in [-0.2, -0.15) is 0 Å². The van der Waals surface area contributed by atoms with Crippen molar-refractivity contribution in [3.63, 3.8) is 0 Å². The van der Waals surface area contributed by atoms with Crippen LogP contribution in [0.5, 0.6) is 0 Å². The monoisotopic (exact) mass is 374 g/mol. The van der Waals surface area contributed by atoms with Crippen molar-refractivity contribution in [3.05, 3.63) is 62.1 Å². The van der Waals surface area contributed by atoms with Gasteiger partial charge in [0.15, 0.2) is 0 Å². The van der Waals surface area contributed by atoms with Crippen molar-refractivity contribution in [1.82, 2.24) is 9.88 Å². The van der Waals surface area contributed by atoms with Crippen LogP contribution in [0.25, 0.3) is 0 Å². The fraction of sp³-hybridized carbons (Fsp3) is 0.368. The maximum Gasteiger partial charge on any atom is 0.229 e. The minimum atomic E-state index is 0.0723. The molecule has 0 atom stereocenters. The molecule has 6 heteroatoms. The van der Waals surface area contributed by atoms with E-state index in [2.05, 4.69) is 37.9 Å². The van der Waals surface area contributed by atoms with Gasteiger partial charge in [0.2, 0.25) is 5.91 Å². The second kappa shape index (κ2) is 7.97. The van der Waals surface area contributed by atoms with Gasteiger partial charge in [0.05, 0.1) is 36.5 Å². The van der Waals surface area contributed by atoms with E-state index in [4.69, 9.17) is 4.42 Å². The van der Waals surface area contributed by atoms with Crippen LogP contribution < -0.4 is 0 Å². The first-order chi connectivity index (χ1) is 12.0. The van der Waals surface area contributed by atoms with E-state index >= 15 is 0 Å². The number of nitrogens with zero attached hydrogens (tertiary/aromatic N) is 2. The van der Waals surface area contributed by atoms with E-state index in [-0.39, 0.29) is 5.91 Å². The fourth-order valence-corrected chi connectivity index (χ4v) is 4.26. The summed E-state index contributed by atoms with van der Waals surface area (Å²) >= 11 is 3.35. The number of hydrogen-bond acceptors (Lipinski definition) is 5. The molecule has 132 valence electrons. The van der Waals surface area contributed by atoms with Gasteiger partial charge in [0, 0.05) is 21.1 Å². The Morgan fingerprint density at radius 3 is 2.72 bits per heavy atom. The Balaban J connectivity index is 1.73. The smallest absolute Gasteiger partial charge is 0.229 e. The second-order valence-corrected chi connectivity index (χ2v) is 8.61. The molecule has 0 aliphatic carbocycles. The van der Waals surface area contributed by atoms with Crippen molar-refractivity contribution in [2.24, 2.45) is 0 Å². The number of thiophene rings is 1. The summed E-state index contributed by atoms with van der Waals surface area (Å²) in [6.07, 6.45) is 1.97. The maximum absolute atomic E-state index is 12.9. The number of aromatic nitrogens is 1. The third kappa shape index (κ3) is 4.80. The van der Waals surface area contributed by atoms with E-state index in [1.807, 2.05) is 22.4 Å². The predicted molar refractivity (Wildman–Crippen MR) is 102 cm³/mol. The Labute approximate surface area is 156 Å². The summed E-state index contributed by atoms with van der Waals surface area (Å²) in [6.45, 7) is 7.39. The highest BCUT2D eigenvalue weighted by molar-refractivity contribution is 7.11. The molecule has 4 nitrogen and oxygen atoms in total. The molecule has 0 saturated carbocycles. The van der Waals surface area contributed by atoms with Crippen molar-refractivity contribution in [2.75, 3.05) is 0 Å². The molecule has 0 fully saturated rings. The van der Waals surface area contributed by atoms with Gasteiger partial charge in [-0.1, -0.05) is 13.8 Å². The molecule has 3 aromatic heterocycles. The highest BCUT2D eigenvalue weighted by Gasteiger charge is 2.19. The van der Waals surface area contributed by atoms with Crippen molar-refractivity contribution in [1.29, 1.82) is 0 Å². The zero-order valence-corrected chi connectivity index (χ0v) is 16.3. The van der Waals surface area contributed by atoms with Crippen molar-refractivity contribution in [3.8, 4) is 0 Å². The van der Waals surface area contributed by atoms with E-state index in [1.54, 1.807) is 28.9 Å². The van der Waals surface area contributed by atoms with Crippen LogP contribution in [0.3, 0.4) is 0 Å². The Morgan fingerprint density at radius 2 is 2.12 bits per heavy atom. The lowest BCUT2D eigenvalue weighted by Gasteiger charge is -2.20. The molecule has 0 unspecified atom stereocenters. The molecular weight excluding hydrogens is 352 g/mol. The molecule has 3 heterocycles. The van der Waals surface area contributed by atoms with Gasteiger partial charge < -0.3 is 9.32 Å². The van der Waals surface area contributed by atoms with Gasteiger partial charge in [-0.25, -0.2) is 4.98 Å². The summed E-state index contributed by atoms with van der Waals surface area (Å²) in [7, 11) is 0. The summed E-state index contributed by atoms with van der Waals surface area (Å²) in [5.41, 5.74) is 0.852. The molecule has 0 N–H and O–H groups in total. The normalized spacial score (nSPS) is 11.2. The van der Waals surface area contributed by atoms with Crippen LogP contribution in [0.4, 0.5) is 0 Å². The lowest BCUT2D eigenvalue weighted by atomic mass is 10.2. The number of aryl methyl sites for hydroxylation is 1. The van der Waals surface area contributed by atoms with Gasteiger partial charge in [0.25, 0.3) is 0 Å². The lowest BCUT2D eigenvalue weighted by Crippen LogP contribution is -2.31. The fourth-order valence-electron chi connectivity index (χ4n) is 2.52. The highest BCUT2D eigenvalue weighted by Crippen LogP contribution is 2.22. The standard InChI is InChI=1S/C19H22N2O2S2/c1-13(2)19-20-15(12-24-19)9-18(22)21(10-16-5-4-8-23-16)11-17-7-6-14(3)25-17/h4-8,12-13H,9-11H2,1-3H3. The van der Waals surface area contributed by atoms with Gasteiger partial charge in [-0.05, 0) is 31.2 Å². The van der Waals surface area contributed by atoms with Crippen LogP contribution in [-0.2, 0) is 24.3 Å². The van der Waals surface area contributed by atoms with Crippen LogP contribution in [0.1, 0.15) is 46.0 Å². The number of hydrogen-bond donors (Lipinski definition) is 0. The summed E-state index contributed by atoms with van der Waals surface area (Å²) in [6, 6.07) is 7.93. The number of carbonyl (C=O) groups excluding carboxylic acids is 1. The third-order valence-electron chi connectivity index (χ3n) is 3.82. The highest BCUT2D eigenvalue weighted by atomic mass is 32.1. The van der Waals surface area contributed by atoms with Crippen LogP contribution in [0.15, 0.2) is 40.3 Å². The largest absolute Gasteiger partial charge is 0.467 e. The molecule has 3 rings (SSSR count). The zero-order chi connectivity index (χ0) is 17.8. The minimum absolute atomic E-state index is 0.0723. The van der Waals surface area contributed by atoms with Crippen molar-refractivity contribution >= 4 is 28.6 Å². The topological polar surface area (TPSA) is 46.3 Å². The van der Waals surface area contributed by atoms with Crippen LogP contribution in [0.2, 0.25) is 0 Å². The summed E-state index contributed by atoms with van der Waals surface area (Å²) in [5, 5.41) is 3.07. The van der Waals surface area contributed by atoms with E-state index < -0.39 is 0 Å². The van der Waals surface area contributed by atoms with Crippen LogP contribution in [-0.4, -0.2) is 15.8 Å². The SMILES string of the molecule is Cc1ccc(CN(Cc2ccco2)C(=O)Cc2csc(C(C)C)n2)s1. The number of carbonyl (C=O) groups is 1. The third-order valence-corrected chi connectivity index (χ3v) is 6.00.